The topological polar surface area (TPSA) is 66.7 Å². The van der Waals surface area contributed by atoms with Crippen LogP contribution in [0.2, 0.25) is 0 Å². The molecule has 1 fully saturated rings. The molecule has 1 aliphatic rings. The lowest BCUT2D eigenvalue weighted by Crippen LogP contribution is -2.49. The minimum atomic E-state index is -0.420. The van der Waals surface area contributed by atoms with Crippen molar-refractivity contribution >= 4 is 23.4 Å². The number of benzene rings is 2. The Hall–Kier alpha value is -2.38. The van der Waals surface area contributed by atoms with E-state index in [4.69, 9.17) is 0 Å². The maximum atomic E-state index is 12.4. The molecule has 0 N–H and O–H groups in total. The van der Waals surface area contributed by atoms with E-state index in [2.05, 4.69) is 29.2 Å². The number of nitro groups is 1. The Bertz CT molecular complexity index is 760. The van der Waals surface area contributed by atoms with Crippen LogP contribution < -0.4 is 0 Å². The average Bonchev–Trinajstić information content (AvgIpc) is 2.72. The molecule has 6 nitrogen and oxygen atoms in total. The van der Waals surface area contributed by atoms with E-state index in [1.165, 1.54) is 29.5 Å². The Labute approximate surface area is 163 Å². The van der Waals surface area contributed by atoms with E-state index in [0.717, 1.165) is 44.0 Å². The van der Waals surface area contributed by atoms with E-state index >= 15 is 0 Å². The Kier molecular flexibility index (Phi) is 6.84. The lowest BCUT2D eigenvalue weighted by atomic mass is 10.1. The zero-order chi connectivity index (χ0) is 19.1. The van der Waals surface area contributed by atoms with Crippen molar-refractivity contribution in [2.75, 3.05) is 38.5 Å². The quantitative estimate of drug-likeness (QED) is 0.416. The molecule has 0 aromatic heterocycles. The molecule has 7 heteroatoms. The Morgan fingerprint density at radius 1 is 1.00 bits per heavy atom. The van der Waals surface area contributed by atoms with Crippen molar-refractivity contribution in [2.45, 2.75) is 11.3 Å². The van der Waals surface area contributed by atoms with Crippen LogP contribution in [0.15, 0.2) is 59.5 Å². The molecule has 3 rings (SSSR count). The van der Waals surface area contributed by atoms with Gasteiger partial charge in [0.2, 0.25) is 5.91 Å². The summed E-state index contributed by atoms with van der Waals surface area (Å²) in [5, 5.41) is 10.7. The smallest absolute Gasteiger partial charge is 0.269 e. The standard InChI is InChI=1S/C20H23N3O3S/c24-20(16-27-19-8-6-18(7-9-19)23(25)26)22-14-12-21(13-15-22)11-10-17-4-2-1-3-5-17/h1-9H,10-16H2. The Balaban J connectivity index is 1.38. The lowest BCUT2D eigenvalue weighted by Gasteiger charge is -2.34. The highest BCUT2D eigenvalue weighted by atomic mass is 32.2. The van der Waals surface area contributed by atoms with Gasteiger partial charge in [0, 0.05) is 49.8 Å². The summed E-state index contributed by atoms with van der Waals surface area (Å²) in [5.74, 6) is 0.489. The number of hydrogen-bond acceptors (Lipinski definition) is 5. The predicted octanol–water partition coefficient (Wildman–Crippen LogP) is 3.07. The van der Waals surface area contributed by atoms with Crippen LogP contribution in [-0.4, -0.2) is 59.1 Å². The molecule has 0 radical (unpaired) electrons. The molecule has 1 amide bonds. The van der Waals surface area contributed by atoms with Crippen LogP contribution in [0.5, 0.6) is 0 Å². The number of nitrogens with zero attached hydrogens (tertiary/aromatic N) is 3. The van der Waals surface area contributed by atoms with Gasteiger partial charge < -0.3 is 4.90 Å². The fraction of sp³-hybridized carbons (Fsp3) is 0.350. The van der Waals surface area contributed by atoms with Crippen LogP contribution in [0.4, 0.5) is 5.69 Å². The molecular weight excluding hydrogens is 362 g/mol. The van der Waals surface area contributed by atoms with Crippen molar-refractivity contribution in [3.8, 4) is 0 Å². The van der Waals surface area contributed by atoms with Gasteiger partial charge in [0.25, 0.3) is 5.69 Å². The third-order valence-electron chi connectivity index (χ3n) is 4.69. The Morgan fingerprint density at radius 2 is 1.67 bits per heavy atom. The number of hydrogen-bond donors (Lipinski definition) is 0. The predicted molar refractivity (Wildman–Crippen MR) is 107 cm³/mol. The number of thioether (sulfide) groups is 1. The molecule has 0 bridgehead atoms. The summed E-state index contributed by atoms with van der Waals surface area (Å²) < 4.78 is 0. The van der Waals surface area contributed by atoms with Crippen molar-refractivity contribution in [1.29, 1.82) is 0 Å². The van der Waals surface area contributed by atoms with E-state index in [1.54, 1.807) is 12.1 Å². The monoisotopic (exact) mass is 385 g/mol. The molecule has 142 valence electrons. The molecule has 1 heterocycles. The minimum Gasteiger partial charge on any atom is -0.339 e. The van der Waals surface area contributed by atoms with Crippen LogP contribution in [0.1, 0.15) is 5.56 Å². The van der Waals surface area contributed by atoms with Crippen LogP contribution >= 0.6 is 11.8 Å². The zero-order valence-electron chi connectivity index (χ0n) is 15.1. The van der Waals surface area contributed by atoms with Gasteiger partial charge in [0.05, 0.1) is 10.7 Å². The van der Waals surface area contributed by atoms with E-state index in [1.807, 2.05) is 11.0 Å². The fourth-order valence-electron chi connectivity index (χ4n) is 3.05. The number of nitro benzene ring substituents is 1. The highest BCUT2D eigenvalue weighted by molar-refractivity contribution is 8.00. The summed E-state index contributed by atoms with van der Waals surface area (Å²) in [5.41, 5.74) is 1.41. The SMILES string of the molecule is O=C(CSc1ccc([N+](=O)[O-])cc1)N1CCN(CCc2ccccc2)CC1. The molecule has 2 aromatic rings. The molecule has 0 aliphatic carbocycles. The van der Waals surface area contributed by atoms with Crippen molar-refractivity contribution in [3.63, 3.8) is 0 Å². The van der Waals surface area contributed by atoms with Gasteiger partial charge in [-0.1, -0.05) is 30.3 Å². The summed E-state index contributed by atoms with van der Waals surface area (Å²) in [6.07, 6.45) is 1.03. The number of carbonyl (C=O) groups is 1. The zero-order valence-corrected chi connectivity index (χ0v) is 15.9. The number of non-ortho nitro benzene ring substituents is 1. The van der Waals surface area contributed by atoms with Gasteiger partial charge >= 0.3 is 0 Å². The number of amides is 1. The molecule has 0 saturated carbocycles. The minimum absolute atomic E-state index is 0.0669. The van der Waals surface area contributed by atoms with Gasteiger partial charge in [-0.2, -0.15) is 0 Å². The largest absolute Gasteiger partial charge is 0.339 e. The van der Waals surface area contributed by atoms with Gasteiger partial charge in [-0.25, -0.2) is 0 Å². The summed E-state index contributed by atoms with van der Waals surface area (Å²) >= 11 is 1.42. The second-order valence-electron chi connectivity index (χ2n) is 6.50. The summed E-state index contributed by atoms with van der Waals surface area (Å²) in [4.78, 5) is 27.9. The number of rotatable bonds is 7. The van der Waals surface area contributed by atoms with Crippen molar-refractivity contribution in [2.24, 2.45) is 0 Å². The van der Waals surface area contributed by atoms with Crippen LogP contribution in [-0.2, 0) is 11.2 Å². The molecule has 0 atom stereocenters. The van der Waals surface area contributed by atoms with E-state index in [0.29, 0.717) is 5.75 Å². The maximum absolute atomic E-state index is 12.4. The maximum Gasteiger partial charge on any atom is 0.269 e. The van der Waals surface area contributed by atoms with Gasteiger partial charge in [-0.3, -0.25) is 19.8 Å². The van der Waals surface area contributed by atoms with Crippen LogP contribution in [0, 0.1) is 10.1 Å². The van der Waals surface area contributed by atoms with Gasteiger partial charge in [-0.15, -0.1) is 11.8 Å². The molecule has 0 unspecified atom stereocenters. The molecule has 1 aliphatic heterocycles. The summed E-state index contributed by atoms with van der Waals surface area (Å²) in [6, 6.07) is 16.8. The van der Waals surface area contributed by atoms with E-state index < -0.39 is 4.92 Å². The molecule has 1 saturated heterocycles. The van der Waals surface area contributed by atoms with Crippen molar-refractivity contribution in [3.05, 3.63) is 70.3 Å². The third kappa shape index (κ3) is 5.80. The van der Waals surface area contributed by atoms with Crippen LogP contribution in [0.3, 0.4) is 0 Å². The summed E-state index contributed by atoms with van der Waals surface area (Å²) in [7, 11) is 0. The first-order chi connectivity index (χ1) is 13.1. The highest BCUT2D eigenvalue weighted by Crippen LogP contribution is 2.22. The van der Waals surface area contributed by atoms with Gasteiger partial charge in [-0.05, 0) is 24.1 Å². The second-order valence-corrected chi connectivity index (χ2v) is 7.55. The van der Waals surface area contributed by atoms with Gasteiger partial charge in [0.15, 0.2) is 0 Å². The molecule has 0 spiro atoms. The Morgan fingerprint density at radius 3 is 2.30 bits per heavy atom. The normalized spacial score (nSPS) is 14.9. The average molecular weight is 385 g/mol. The highest BCUT2D eigenvalue weighted by Gasteiger charge is 2.20. The first kappa shape index (κ1) is 19.4. The van der Waals surface area contributed by atoms with E-state index in [9.17, 15) is 14.9 Å². The number of piperazine rings is 1. The first-order valence-electron chi connectivity index (χ1n) is 9.03. The third-order valence-corrected chi connectivity index (χ3v) is 5.69. The van der Waals surface area contributed by atoms with Gasteiger partial charge in [0.1, 0.15) is 0 Å². The first-order valence-corrected chi connectivity index (χ1v) is 10.0. The second kappa shape index (κ2) is 9.53. The molecular formula is C20H23N3O3S. The lowest BCUT2D eigenvalue weighted by molar-refractivity contribution is -0.384. The van der Waals surface area contributed by atoms with Crippen molar-refractivity contribution < 1.29 is 9.72 Å². The summed E-state index contributed by atoms with van der Waals surface area (Å²) in [6.45, 7) is 4.34. The fourth-order valence-corrected chi connectivity index (χ4v) is 3.85. The van der Waals surface area contributed by atoms with Crippen LogP contribution in [0.25, 0.3) is 0 Å². The molecule has 27 heavy (non-hydrogen) atoms. The molecule has 2 aromatic carbocycles. The van der Waals surface area contributed by atoms with E-state index in [-0.39, 0.29) is 11.6 Å². The number of carbonyl (C=O) groups excluding carboxylic acids is 1. The van der Waals surface area contributed by atoms with Crippen molar-refractivity contribution in [1.82, 2.24) is 9.80 Å².